The van der Waals surface area contributed by atoms with Crippen LogP contribution in [0.1, 0.15) is 44.6 Å². The van der Waals surface area contributed by atoms with Gasteiger partial charge in [0.05, 0.1) is 13.7 Å². The van der Waals surface area contributed by atoms with Crippen molar-refractivity contribution in [3.8, 4) is 5.75 Å². The van der Waals surface area contributed by atoms with Crippen LogP contribution in [0.3, 0.4) is 0 Å². The number of anilines is 1. The minimum atomic E-state index is 0.223. The molecule has 6 heteroatoms. The third kappa shape index (κ3) is 7.11. The molecule has 3 aromatic rings. The summed E-state index contributed by atoms with van der Waals surface area (Å²) in [5.41, 5.74) is 3.54. The molecule has 1 amide bonds. The Hall–Kier alpha value is -2.83. The molecule has 1 N–H and O–H groups in total. The monoisotopic (exact) mass is 490 g/mol. The Kier molecular flexibility index (Phi) is 9.82. The summed E-state index contributed by atoms with van der Waals surface area (Å²) < 4.78 is 5.40. The van der Waals surface area contributed by atoms with Crippen LogP contribution in [-0.4, -0.2) is 73.6 Å². The third-order valence-electron chi connectivity index (χ3n) is 7.32. The van der Waals surface area contributed by atoms with E-state index in [1.165, 1.54) is 35.7 Å². The molecule has 1 aromatic heterocycles. The molecule has 1 aliphatic heterocycles. The highest BCUT2D eigenvalue weighted by molar-refractivity contribution is 5.94. The molecular formula is C30H42N4O2. The van der Waals surface area contributed by atoms with Gasteiger partial charge in [0.1, 0.15) is 5.75 Å². The number of aromatic nitrogens is 1. The van der Waals surface area contributed by atoms with E-state index in [-0.39, 0.29) is 5.91 Å². The summed E-state index contributed by atoms with van der Waals surface area (Å²) >= 11 is 0. The third-order valence-corrected chi connectivity index (χ3v) is 7.32. The molecule has 0 radical (unpaired) electrons. The smallest absolute Gasteiger partial charge is 0.241 e. The van der Waals surface area contributed by atoms with Crippen LogP contribution < -0.4 is 9.64 Å². The number of ether oxygens (including phenoxy) is 1. The number of nitrogens with zero attached hydrogens (tertiary/aromatic N) is 3. The van der Waals surface area contributed by atoms with E-state index in [9.17, 15) is 4.79 Å². The number of piperazine rings is 1. The summed E-state index contributed by atoms with van der Waals surface area (Å²) in [4.78, 5) is 23.5. The standard InChI is InChI=1S/C30H42N4O2/c1-3-4-5-9-17-34(26-12-7-6-8-13-26)30(35)24-33-20-18-32(19-21-33)16-10-11-25-23-31-29-15-14-27(36-2)22-28(25)29/h6-8,12-15,22-23,31H,3-5,9-11,16-21,24H2,1-2H3. The minimum Gasteiger partial charge on any atom is -0.497 e. The van der Waals surface area contributed by atoms with Crippen molar-refractivity contribution in [1.29, 1.82) is 0 Å². The number of H-pyrrole nitrogens is 1. The fraction of sp³-hybridized carbons (Fsp3) is 0.500. The first-order valence-electron chi connectivity index (χ1n) is 13.6. The minimum absolute atomic E-state index is 0.223. The van der Waals surface area contributed by atoms with Crippen LogP contribution in [0.4, 0.5) is 5.69 Å². The lowest BCUT2D eigenvalue weighted by molar-refractivity contribution is -0.120. The van der Waals surface area contributed by atoms with E-state index in [4.69, 9.17) is 4.74 Å². The highest BCUT2D eigenvalue weighted by Crippen LogP contribution is 2.24. The van der Waals surface area contributed by atoms with Crippen LogP contribution in [0.5, 0.6) is 5.75 Å². The van der Waals surface area contributed by atoms with Gasteiger partial charge in [0.25, 0.3) is 0 Å². The van der Waals surface area contributed by atoms with E-state index < -0.39 is 0 Å². The van der Waals surface area contributed by atoms with Crippen LogP contribution in [0.25, 0.3) is 10.9 Å². The molecule has 0 bridgehead atoms. The quantitative estimate of drug-likeness (QED) is 0.329. The summed E-state index contributed by atoms with van der Waals surface area (Å²) in [6.07, 6.45) is 8.99. The number of para-hydroxylation sites is 1. The van der Waals surface area contributed by atoms with E-state index in [2.05, 4.69) is 52.2 Å². The zero-order chi connectivity index (χ0) is 25.2. The molecule has 194 valence electrons. The molecule has 1 aliphatic rings. The van der Waals surface area contributed by atoms with Crippen molar-refractivity contribution in [2.45, 2.75) is 45.4 Å². The number of rotatable bonds is 13. The van der Waals surface area contributed by atoms with Crippen molar-refractivity contribution in [2.75, 3.05) is 57.8 Å². The summed E-state index contributed by atoms with van der Waals surface area (Å²) in [7, 11) is 1.72. The van der Waals surface area contributed by atoms with E-state index in [1.807, 2.05) is 29.2 Å². The van der Waals surface area contributed by atoms with Crippen LogP contribution in [-0.2, 0) is 11.2 Å². The molecule has 0 spiro atoms. The topological polar surface area (TPSA) is 51.8 Å². The van der Waals surface area contributed by atoms with Crippen molar-refractivity contribution in [2.24, 2.45) is 0 Å². The molecule has 36 heavy (non-hydrogen) atoms. The van der Waals surface area contributed by atoms with Crippen LogP contribution >= 0.6 is 0 Å². The van der Waals surface area contributed by atoms with Gasteiger partial charge >= 0.3 is 0 Å². The first kappa shape index (κ1) is 26.2. The lowest BCUT2D eigenvalue weighted by Gasteiger charge is -2.35. The number of hydrogen-bond donors (Lipinski definition) is 1. The second-order valence-corrected chi connectivity index (χ2v) is 9.89. The van der Waals surface area contributed by atoms with Gasteiger partial charge in [0.15, 0.2) is 0 Å². The van der Waals surface area contributed by atoms with Gasteiger partial charge < -0.3 is 19.5 Å². The molecule has 4 rings (SSSR count). The highest BCUT2D eigenvalue weighted by Gasteiger charge is 2.22. The predicted octanol–water partition coefficient (Wildman–Crippen LogP) is 5.34. The molecule has 0 atom stereocenters. The van der Waals surface area contributed by atoms with Crippen molar-refractivity contribution in [3.63, 3.8) is 0 Å². The van der Waals surface area contributed by atoms with E-state index in [1.54, 1.807) is 7.11 Å². The Balaban J connectivity index is 1.22. The van der Waals surface area contributed by atoms with Crippen LogP contribution in [0, 0.1) is 0 Å². The Morgan fingerprint density at radius 2 is 1.75 bits per heavy atom. The molecular weight excluding hydrogens is 448 g/mol. The zero-order valence-electron chi connectivity index (χ0n) is 22.0. The molecule has 1 saturated heterocycles. The van der Waals surface area contributed by atoms with Gasteiger partial charge in [-0.15, -0.1) is 0 Å². The van der Waals surface area contributed by atoms with Gasteiger partial charge in [-0.3, -0.25) is 9.69 Å². The number of carbonyl (C=O) groups is 1. The van der Waals surface area contributed by atoms with E-state index >= 15 is 0 Å². The SMILES string of the molecule is CCCCCCN(C(=O)CN1CCN(CCCc2c[nH]c3ccc(OC)cc23)CC1)c1ccccc1. The van der Waals surface area contributed by atoms with Crippen molar-refractivity contribution in [1.82, 2.24) is 14.8 Å². The number of benzene rings is 2. The first-order valence-corrected chi connectivity index (χ1v) is 13.6. The summed E-state index contributed by atoms with van der Waals surface area (Å²) in [6.45, 7) is 8.58. The first-order chi connectivity index (χ1) is 17.7. The number of unbranched alkanes of at least 4 members (excludes halogenated alkanes) is 3. The van der Waals surface area contributed by atoms with Gasteiger partial charge in [-0.1, -0.05) is 44.4 Å². The van der Waals surface area contributed by atoms with Crippen LogP contribution in [0.2, 0.25) is 0 Å². The summed E-state index contributed by atoms with van der Waals surface area (Å²) in [5, 5.41) is 1.26. The molecule has 2 aromatic carbocycles. The van der Waals surface area contributed by atoms with Gasteiger partial charge in [0, 0.05) is 55.5 Å². The fourth-order valence-corrected chi connectivity index (χ4v) is 5.13. The van der Waals surface area contributed by atoms with Crippen LogP contribution in [0.15, 0.2) is 54.7 Å². The average Bonchev–Trinajstić information content (AvgIpc) is 3.32. The maximum atomic E-state index is 13.3. The summed E-state index contributed by atoms with van der Waals surface area (Å²) in [6, 6.07) is 16.4. The zero-order valence-corrected chi connectivity index (χ0v) is 22.0. The normalized spacial score (nSPS) is 14.8. The van der Waals surface area contributed by atoms with E-state index in [0.717, 1.165) is 70.0 Å². The van der Waals surface area contributed by atoms with Crippen molar-refractivity contribution >= 4 is 22.5 Å². The lowest BCUT2D eigenvalue weighted by atomic mass is 10.1. The van der Waals surface area contributed by atoms with Crippen molar-refractivity contribution < 1.29 is 9.53 Å². The average molecular weight is 491 g/mol. The second kappa shape index (κ2) is 13.5. The molecule has 0 saturated carbocycles. The van der Waals surface area contributed by atoms with Gasteiger partial charge in [-0.25, -0.2) is 0 Å². The highest BCUT2D eigenvalue weighted by atomic mass is 16.5. The largest absolute Gasteiger partial charge is 0.497 e. The number of amides is 1. The van der Waals surface area contributed by atoms with Gasteiger partial charge in [0.2, 0.25) is 5.91 Å². The maximum absolute atomic E-state index is 13.3. The number of hydrogen-bond acceptors (Lipinski definition) is 4. The molecule has 1 fully saturated rings. The lowest BCUT2D eigenvalue weighted by Crippen LogP contribution is -2.50. The molecule has 0 unspecified atom stereocenters. The Morgan fingerprint density at radius 3 is 2.50 bits per heavy atom. The molecule has 2 heterocycles. The Morgan fingerprint density at radius 1 is 0.972 bits per heavy atom. The van der Waals surface area contributed by atoms with Crippen molar-refractivity contribution in [3.05, 3.63) is 60.3 Å². The molecule has 0 aliphatic carbocycles. The Labute approximate surface area is 216 Å². The van der Waals surface area contributed by atoms with E-state index in [0.29, 0.717) is 6.54 Å². The fourth-order valence-electron chi connectivity index (χ4n) is 5.13. The predicted molar refractivity (Wildman–Crippen MR) is 149 cm³/mol. The number of aryl methyl sites for hydroxylation is 1. The number of aromatic amines is 1. The van der Waals surface area contributed by atoms with Gasteiger partial charge in [-0.05, 0) is 61.7 Å². The second-order valence-electron chi connectivity index (χ2n) is 9.89. The molecule has 6 nitrogen and oxygen atoms in total. The number of nitrogens with one attached hydrogen (secondary N) is 1. The number of carbonyl (C=O) groups excluding carboxylic acids is 1. The maximum Gasteiger partial charge on any atom is 0.241 e. The Bertz CT molecular complexity index is 1070. The van der Waals surface area contributed by atoms with Gasteiger partial charge in [-0.2, -0.15) is 0 Å². The number of fused-ring (bicyclic) bond motifs is 1. The number of methoxy groups -OCH3 is 1. The summed E-state index contributed by atoms with van der Waals surface area (Å²) in [5.74, 6) is 1.13.